The summed E-state index contributed by atoms with van der Waals surface area (Å²) in [5.74, 6) is -1.20. The van der Waals surface area contributed by atoms with Crippen LogP contribution >= 0.6 is 0 Å². The Morgan fingerprint density at radius 1 is 1.03 bits per heavy atom. The Labute approximate surface area is 215 Å². The van der Waals surface area contributed by atoms with E-state index in [4.69, 9.17) is 4.74 Å². The third-order valence-corrected chi connectivity index (χ3v) is 7.49. The second-order valence-corrected chi connectivity index (χ2v) is 9.87. The monoisotopic (exact) mass is 510 g/mol. The SMILES string of the molecule is O=C(C1CCC1)N(CCN1CCOCC1)CC(=O)N1N=C(c2ccc(F)cc2)C[C@H]1c1ccccc1F. The molecule has 0 bridgehead atoms. The Balaban J connectivity index is 1.37. The van der Waals surface area contributed by atoms with Gasteiger partial charge in [0.2, 0.25) is 5.91 Å². The maximum absolute atomic E-state index is 14.8. The minimum Gasteiger partial charge on any atom is -0.379 e. The molecule has 2 aliphatic heterocycles. The van der Waals surface area contributed by atoms with Gasteiger partial charge in [-0.05, 0) is 36.6 Å². The molecule has 0 aromatic heterocycles. The van der Waals surface area contributed by atoms with Crippen LogP contribution in [0.25, 0.3) is 0 Å². The molecule has 7 nitrogen and oxygen atoms in total. The molecule has 2 amide bonds. The third-order valence-electron chi connectivity index (χ3n) is 7.49. The number of carbonyl (C=O) groups excluding carboxylic acids is 2. The zero-order valence-corrected chi connectivity index (χ0v) is 20.8. The van der Waals surface area contributed by atoms with Crippen LogP contribution in [-0.2, 0) is 14.3 Å². The average Bonchev–Trinajstić information content (AvgIpc) is 3.32. The van der Waals surface area contributed by atoms with Gasteiger partial charge in [0.05, 0.1) is 25.0 Å². The van der Waals surface area contributed by atoms with Crippen molar-refractivity contribution in [3.8, 4) is 0 Å². The lowest BCUT2D eigenvalue weighted by Gasteiger charge is -2.34. The molecule has 37 heavy (non-hydrogen) atoms. The maximum atomic E-state index is 14.8. The summed E-state index contributed by atoms with van der Waals surface area (Å²) >= 11 is 0. The van der Waals surface area contributed by atoms with Crippen LogP contribution in [0.4, 0.5) is 8.78 Å². The van der Waals surface area contributed by atoms with Crippen molar-refractivity contribution in [2.75, 3.05) is 45.9 Å². The van der Waals surface area contributed by atoms with E-state index < -0.39 is 11.9 Å². The van der Waals surface area contributed by atoms with Gasteiger partial charge < -0.3 is 9.64 Å². The number of carbonyl (C=O) groups is 2. The molecule has 1 atom stereocenters. The standard InChI is InChI=1S/C28H32F2N4O3/c29-22-10-8-20(9-11-22)25-18-26(23-6-1-2-7-24(23)30)34(31-25)27(35)19-33(28(36)21-4-3-5-21)13-12-32-14-16-37-17-15-32/h1-2,6-11,21,26H,3-5,12-19H2/t26-/m0/s1. The molecule has 0 N–H and O–H groups in total. The molecule has 3 aliphatic rings. The molecule has 5 rings (SSSR count). The average molecular weight is 511 g/mol. The van der Waals surface area contributed by atoms with Crippen LogP contribution in [-0.4, -0.2) is 78.3 Å². The normalized spacial score (nSPS) is 20.4. The zero-order valence-electron chi connectivity index (χ0n) is 20.8. The summed E-state index contributed by atoms with van der Waals surface area (Å²) in [7, 11) is 0. The van der Waals surface area contributed by atoms with E-state index >= 15 is 0 Å². The molecule has 2 heterocycles. The Morgan fingerprint density at radius 2 is 1.76 bits per heavy atom. The fourth-order valence-electron chi connectivity index (χ4n) is 5.05. The lowest BCUT2D eigenvalue weighted by atomic mass is 9.84. The van der Waals surface area contributed by atoms with E-state index in [1.165, 1.54) is 23.2 Å². The molecule has 0 unspecified atom stereocenters. The van der Waals surface area contributed by atoms with Crippen molar-refractivity contribution in [1.29, 1.82) is 0 Å². The molecule has 2 aromatic carbocycles. The third kappa shape index (κ3) is 5.88. The smallest absolute Gasteiger partial charge is 0.262 e. The van der Waals surface area contributed by atoms with E-state index in [1.54, 1.807) is 35.2 Å². The van der Waals surface area contributed by atoms with Gasteiger partial charge in [0.25, 0.3) is 5.91 Å². The first kappa shape index (κ1) is 25.5. The van der Waals surface area contributed by atoms with Gasteiger partial charge in [0.1, 0.15) is 18.2 Å². The van der Waals surface area contributed by atoms with Crippen LogP contribution in [0, 0.1) is 17.6 Å². The van der Waals surface area contributed by atoms with Crippen molar-refractivity contribution in [2.45, 2.75) is 31.7 Å². The van der Waals surface area contributed by atoms with Crippen LogP contribution in [0.3, 0.4) is 0 Å². The van der Waals surface area contributed by atoms with E-state index in [0.29, 0.717) is 49.6 Å². The quantitative estimate of drug-likeness (QED) is 0.545. The Hall–Kier alpha value is -3.17. The van der Waals surface area contributed by atoms with Crippen LogP contribution in [0.5, 0.6) is 0 Å². The highest BCUT2D eigenvalue weighted by Crippen LogP contribution is 2.35. The first-order chi connectivity index (χ1) is 18.0. The van der Waals surface area contributed by atoms with Crippen molar-refractivity contribution in [3.05, 3.63) is 71.3 Å². The fraction of sp³-hybridized carbons (Fsp3) is 0.464. The molecule has 1 aliphatic carbocycles. The second kappa shape index (κ2) is 11.5. The predicted molar refractivity (Wildman–Crippen MR) is 135 cm³/mol. The molecule has 1 saturated heterocycles. The largest absolute Gasteiger partial charge is 0.379 e. The highest BCUT2D eigenvalue weighted by Gasteiger charge is 2.37. The Morgan fingerprint density at radius 3 is 2.43 bits per heavy atom. The minimum atomic E-state index is -0.645. The number of morpholine rings is 1. The first-order valence-corrected chi connectivity index (χ1v) is 13.0. The summed E-state index contributed by atoms with van der Waals surface area (Å²) in [4.78, 5) is 30.8. The van der Waals surface area contributed by atoms with E-state index in [0.717, 1.165) is 32.4 Å². The number of hydrazone groups is 1. The molecular weight excluding hydrogens is 478 g/mol. The van der Waals surface area contributed by atoms with Crippen molar-refractivity contribution in [1.82, 2.24) is 14.8 Å². The van der Waals surface area contributed by atoms with Crippen LogP contribution in [0.2, 0.25) is 0 Å². The molecule has 2 aromatic rings. The molecule has 2 fully saturated rings. The number of hydrogen-bond donors (Lipinski definition) is 0. The molecule has 0 radical (unpaired) electrons. The van der Waals surface area contributed by atoms with Gasteiger partial charge in [-0.15, -0.1) is 0 Å². The number of nitrogens with zero attached hydrogens (tertiary/aromatic N) is 4. The van der Waals surface area contributed by atoms with Gasteiger partial charge >= 0.3 is 0 Å². The van der Waals surface area contributed by atoms with Gasteiger partial charge in [0.15, 0.2) is 0 Å². The van der Waals surface area contributed by atoms with Gasteiger partial charge in [0, 0.05) is 44.1 Å². The lowest BCUT2D eigenvalue weighted by molar-refractivity contribution is -0.145. The van der Waals surface area contributed by atoms with Crippen molar-refractivity contribution in [2.24, 2.45) is 11.0 Å². The number of rotatable bonds is 8. The molecule has 9 heteroatoms. The molecule has 0 spiro atoms. The maximum Gasteiger partial charge on any atom is 0.262 e. The van der Waals surface area contributed by atoms with Crippen LogP contribution in [0.15, 0.2) is 53.6 Å². The summed E-state index contributed by atoms with van der Waals surface area (Å²) in [6.07, 6.45) is 3.00. The van der Waals surface area contributed by atoms with Gasteiger partial charge in [-0.2, -0.15) is 5.10 Å². The summed E-state index contributed by atoms with van der Waals surface area (Å²) in [6, 6.07) is 11.6. The Bertz CT molecular complexity index is 1150. The van der Waals surface area contributed by atoms with E-state index in [9.17, 15) is 18.4 Å². The topological polar surface area (TPSA) is 65.5 Å². The first-order valence-electron chi connectivity index (χ1n) is 13.0. The Kier molecular flexibility index (Phi) is 7.90. The van der Waals surface area contributed by atoms with Gasteiger partial charge in [-0.25, -0.2) is 13.8 Å². The summed E-state index contributed by atoms with van der Waals surface area (Å²) in [5, 5.41) is 5.89. The van der Waals surface area contributed by atoms with Gasteiger partial charge in [-0.1, -0.05) is 36.8 Å². The summed E-state index contributed by atoms with van der Waals surface area (Å²) < 4.78 is 33.7. The fourth-order valence-corrected chi connectivity index (χ4v) is 5.05. The van der Waals surface area contributed by atoms with E-state index in [-0.39, 0.29) is 30.1 Å². The number of halogens is 2. The lowest BCUT2D eigenvalue weighted by Crippen LogP contribution is -2.49. The zero-order chi connectivity index (χ0) is 25.8. The highest BCUT2D eigenvalue weighted by atomic mass is 19.1. The van der Waals surface area contributed by atoms with Crippen molar-refractivity contribution >= 4 is 17.5 Å². The van der Waals surface area contributed by atoms with E-state index in [2.05, 4.69) is 10.0 Å². The predicted octanol–water partition coefficient (Wildman–Crippen LogP) is 3.60. The van der Waals surface area contributed by atoms with Crippen LogP contribution in [0.1, 0.15) is 42.9 Å². The highest BCUT2D eigenvalue weighted by molar-refractivity contribution is 6.03. The second-order valence-electron chi connectivity index (χ2n) is 9.87. The summed E-state index contributed by atoms with van der Waals surface area (Å²) in [5.41, 5.74) is 1.61. The number of ether oxygens (including phenoxy) is 1. The molecule has 1 saturated carbocycles. The number of amides is 2. The number of hydrogen-bond acceptors (Lipinski definition) is 5. The van der Waals surface area contributed by atoms with Crippen LogP contribution < -0.4 is 0 Å². The molecule has 196 valence electrons. The minimum absolute atomic E-state index is 0.00256. The van der Waals surface area contributed by atoms with Gasteiger partial charge in [-0.3, -0.25) is 14.5 Å². The number of benzene rings is 2. The van der Waals surface area contributed by atoms with Crippen molar-refractivity contribution < 1.29 is 23.1 Å². The molecular formula is C28H32F2N4O3. The van der Waals surface area contributed by atoms with Crippen molar-refractivity contribution in [3.63, 3.8) is 0 Å². The summed E-state index contributed by atoms with van der Waals surface area (Å²) in [6.45, 7) is 3.90. The van der Waals surface area contributed by atoms with E-state index in [1.807, 2.05) is 0 Å².